The smallest absolute Gasteiger partial charge is 0.0758 e. The zero-order valence-electron chi connectivity index (χ0n) is 8.14. The standard InChI is InChI=1S/C9H20N2O/c1-3-10-5-7-11-6-4-9(2,12)8-11/h10,12H,3-8H2,1-2H3. The van der Waals surface area contributed by atoms with Crippen LogP contribution in [0.3, 0.4) is 0 Å². The van der Waals surface area contributed by atoms with Crippen LogP contribution in [-0.2, 0) is 0 Å². The molecule has 0 aliphatic carbocycles. The molecule has 1 unspecified atom stereocenters. The molecule has 0 aromatic rings. The van der Waals surface area contributed by atoms with Crippen LogP contribution < -0.4 is 5.32 Å². The molecule has 0 aromatic carbocycles. The van der Waals surface area contributed by atoms with Gasteiger partial charge >= 0.3 is 0 Å². The van der Waals surface area contributed by atoms with E-state index in [0.29, 0.717) is 0 Å². The first kappa shape index (κ1) is 9.96. The number of aliphatic hydroxyl groups is 1. The van der Waals surface area contributed by atoms with Crippen molar-refractivity contribution in [2.24, 2.45) is 0 Å². The maximum absolute atomic E-state index is 9.66. The van der Waals surface area contributed by atoms with Crippen molar-refractivity contribution < 1.29 is 5.11 Å². The number of likely N-dealkylation sites (tertiary alicyclic amines) is 1. The molecule has 12 heavy (non-hydrogen) atoms. The molecule has 72 valence electrons. The Morgan fingerprint density at radius 2 is 2.33 bits per heavy atom. The van der Waals surface area contributed by atoms with Crippen LogP contribution in [0.2, 0.25) is 0 Å². The van der Waals surface area contributed by atoms with Crippen molar-refractivity contribution in [2.45, 2.75) is 25.9 Å². The molecule has 3 heteroatoms. The predicted molar refractivity (Wildman–Crippen MR) is 50.2 cm³/mol. The normalized spacial score (nSPS) is 31.2. The molecule has 0 spiro atoms. The van der Waals surface area contributed by atoms with Gasteiger partial charge in [-0.3, -0.25) is 4.90 Å². The monoisotopic (exact) mass is 172 g/mol. The van der Waals surface area contributed by atoms with Crippen molar-refractivity contribution in [1.82, 2.24) is 10.2 Å². The summed E-state index contributed by atoms with van der Waals surface area (Å²) in [6.45, 7) is 9.03. The zero-order chi connectivity index (χ0) is 9.03. The molecule has 0 saturated carbocycles. The summed E-state index contributed by atoms with van der Waals surface area (Å²) < 4.78 is 0. The van der Waals surface area contributed by atoms with Crippen molar-refractivity contribution in [1.29, 1.82) is 0 Å². The van der Waals surface area contributed by atoms with Gasteiger partial charge in [0.2, 0.25) is 0 Å². The minimum Gasteiger partial charge on any atom is -0.389 e. The van der Waals surface area contributed by atoms with Crippen LogP contribution in [0.1, 0.15) is 20.3 Å². The minimum absolute atomic E-state index is 0.438. The van der Waals surface area contributed by atoms with E-state index in [-0.39, 0.29) is 0 Å². The molecule has 3 nitrogen and oxygen atoms in total. The molecule has 0 amide bonds. The molecule has 0 bridgehead atoms. The van der Waals surface area contributed by atoms with Gasteiger partial charge in [-0.15, -0.1) is 0 Å². The van der Waals surface area contributed by atoms with E-state index in [1.54, 1.807) is 0 Å². The average Bonchev–Trinajstić information content (AvgIpc) is 2.31. The van der Waals surface area contributed by atoms with Crippen molar-refractivity contribution in [3.63, 3.8) is 0 Å². The summed E-state index contributed by atoms with van der Waals surface area (Å²) in [6.07, 6.45) is 0.916. The Hall–Kier alpha value is -0.120. The Bertz CT molecular complexity index is 136. The molecular weight excluding hydrogens is 152 g/mol. The van der Waals surface area contributed by atoms with Crippen molar-refractivity contribution in [3.8, 4) is 0 Å². The summed E-state index contributed by atoms with van der Waals surface area (Å²) in [6, 6.07) is 0. The Morgan fingerprint density at radius 3 is 2.83 bits per heavy atom. The summed E-state index contributed by atoms with van der Waals surface area (Å²) in [4.78, 5) is 2.31. The molecule has 0 radical (unpaired) electrons. The number of nitrogens with one attached hydrogen (secondary N) is 1. The second kappa shape index (κ2) is 4.21. The molecule has 1 aliphatic rings. The van der Waals surface area contributed by atoms with Gasteiger partial charge in [-0.05, 0) is 19.9 Å². The number of likely N-dealkylation sites (N-methyl/N-ethyl adjacent to an activating group) is 1. The Morgan fingerprint density at radius 1 is 1.58 bits per heavy atom. The summed E-state index contributed by atoms with van der Waals surface area (Å²) in [7, 11) is 0. The lowest BCUT2D eigenvalue weighted by Gasteiger charge is -2.18. The van der Waals surface area contributed by atoms with Gasteiger partial charge in [0, 0.05) is 26.2 Å². The predicted octanol–water partition coefficient (Wildman–Crippen LogP) is 0.0526. The summed E-state index contributed by atoms with van der Waals surface area (Å²) in [5, 5.41) is 12.9. The lowest BCUT2D eigenvalue weighted by Crippen LogP contribution is -2.34. The minimum atomic E-state index is -0.438. The number of hydrogen-bond donors (Lipinski definition) is 2. The van der Waals surface area contributed by atoms with E-state index in [4.69, 9.17) is 0 Å². The van der Waals surface area contributed by atoms with Crippen LogP contribution in [0.4, 0.5) is 0 Å². The van der Waals surface area contributed by atoms with Crippen LogP contribution in [0.25, 0.3) is 0 Å². The Balaban J connectivity index is 2.11. The molecule has 1 fully saturated rings. The van der Waals surface area contributed by atoms with E-state index in [1.165, 1.54) is 0 Å². The zero-order valence-corrected chi connectivity index (χ0v) is 8.14. The summed E-state index contributed by atoms with van der Waals surface area (Å²) >= 11 is 0. The largest absolute Gasteiger partial charge is 0.389 e. The lowest BCUT2D eigenvalue weighted by molar-refractivity contribution is 0.0690. The van der Waals surface area contributed by atoms with Crippen molar-refractivity contribution in [3.05, 3.63) is 0 Å². The van der Waals surface area contributed by atoms with E-state index in [9.17, 15) is 5.11 Å². The topological polar surface area (TPSA) is 35.5 Å². The first-order chi connectivity index (χ1) is 5.64. The molecular formula is C9H20N2O. The fourth-order valence-corrected chi connectivity index (χ4v) is 1.64. The highest BCUT2D eigenvalue weighted by Crippen LogP contribution is 2.19. The highest BCUT2D eigenvalue weighted by Gasteiger charge is 2.30. The summed E-state index contributed by atoms with van der Waals surface area (Å²) in [5.74, 6) is 0. The van der Waals surface area contributed by atoms with Gasteiger partial charge in [-0.1, -0.05) is 6.92 Å². The maximum Gasteiger partial charge on any atom is 0.0758 e. The molecule has 1 heterocycles. The highest BCUT2D eigenvalue weighted by atomic mass is 16.3. The Kier molecular flexibility index (Phi) is 3.50. The van der Waals surface area contributed by atoms with Gasteiger partial charge in [0.25, 0.3) is 0 Å². The number of hydrogen-bond acceptors (Lipinski definition) is 3. The molecule has 1 saturated heterocycles. The van der Waals surface area contributed by atoms with Gasteiger partial charge in [0.15, 0.2) is 0 Å². The van der Waals surface area contributed by atoms with E-state index >= 15 is 0 Å². The van der Waals surface area contributed by atoms with E-state index < -0.39 is 5.60 Å². The third-order valence-electron chi connectivity index (χ3n) is 2.39. The number of nitrogens with zero attached hydrogens (tertiary/aromatic N) is 1. The molecule has 1 aliphatic heterocycles. The van der Waals surface area contributed by atoms with Crippen molar-refractivity contribution >= 4 is 0 Å². The highest BCUT2D eigenvalue weighted by molar-refractivity contribution is 4.85. The summed E-state index contributed by atoms with van der Waals surface area (Å²) in [5.41, 5.74) is -0.438. The van der Waals surface area contributed by atoms with Crippen molar-refractivity contribution in [2.75, 3.05) is 32.7 Å². The fraction of sp³-hybridized carbons (Fsp3) is 1.00. The third kappa shape index (κ3) is 3.09. The number of β-amino-alcohol motifs (C(OH)–C–C–N with tert-alkyl or cyclic N) is 1. The van der Waals surface area contributed by atoms with Crippen LogP contribution in [0.5, 0.6) is 0 Å². The lowest BCUT2D eigenvalue weighted by atomic mass is 10.1. The quantitative estimate of drug-likeness (QED) is 0.588. The molecule has 1 atom stereocenters. The van der Waals surface area contributed by atoms with Gasteiger partial charge in [-0.2, -0.15) is 0 Å². The maximum atomic E-state index is 9.66. The van der Waals surface area contributed by atoms with E-state index in [2.05, 4.69) is 17.1 Å². The van der Waals surface area contributed by atoms with Crippen LogP contribution >= 0.6 is 0 Å². The van der Waals surface area contributed by atoms with Crippen LogP contribution in [-0.4, -0.2) is 48.3 Å². The van der Waals surface area contributed by atoms with E-state index in [1.807, 2.05) is 6.92 Å². The SMILES string of the molecule is CCNCCN1CCC(C)(O)C1. The second-order valence-electron chi connectivity index (χ2n) is 3.88. The first-order valence-electron chi connectivity index (χ1n) is 4.79. The second-order valence-corrected chi connectivity index (χ2v) is 3.88. The molecule has 0 aromatic heterocycles. The van der Waals surface area contributed by atoms with Gasteiger partial charge in [0.05, 0.1) is 5.60 Å². The third-order valence-corrected chi connectivity index (χ3v) is 2.39. The molecule has 2 N–H and O–H groups in total. The van der Waals surface area contributed by atoms with Gasteiger partial charge in [-0.25, -0.2) is 0 Å². The molecule has 1 rings (SSSR count). The number of rotatable bonds is 4. The Labute approximate surface area is 74.8 Å². The first-order valence-corrected chi connectivity index (χ1v) is 4.79. The van der Waals surface area contributed by atoms with Crippen LogP contribution in [0.15, 0.2) is 0 Å². The fourth-order valence-electron chi connectivity index (χ4n) is 1.64. The average molecular weight is 172 g/mol. The van der Waals surface area contributed by atoms with Gasteiger partial charge in [0.1, 0.15) is 0 Å². The van der Waals surface area contributed by atoms with Gasteiger partial charge < -0.3 is 10.4 Å². The van der Waals surface area contributed by atoms with E-state index in [0.717, 1.165) is 39.1 Å². The van der Waals surface area contributed by atoms with Crippen LogP contribution in [0, 0.1) is 0 Å².